The van der Waals surface area contributed by atoms with E-state index in [0.29, 0.717) is 6.42 Å². The van der Waals surface area contributed by atoms with Crippen molar-refractivity contribution in [1.29, 1.82) is 0 Å². The summed E-state index contributed by atoms with van der Waals surface area (Å²) in [5.41, 5.74) is 0. The maximum Gasteiger partial charge on any atom is 0.469 e. The molecule has 1 amide bonds. The van der Waals surface area contributed by atoms with Crippen LogP contribution in [0.4, 0.5) is 0 Å². The molecule has 0 unspecified atom stereocenters. The fourth-order valence-corrected chi connectivity index (χ4v) is 7.05. The van der Waals surface area contributed by atoms with Crippen LogP contribution in [0.3, 0.4) is 0 Å². The maximum absolute atomic E-state index is 12.6. The summed E-state index contributed by atoms with van der Waals surface area (Å²) in [4.78, 5) is 30.9. The smallest absolute Gasteiger partial charge is 0.387 e. The third kappa shape index (κ3) is 41.9. The average Bonchev–Trinajstić information content (AvgIpc) is 3.08. The first-order valence-corrected chi connectivity index (χ1v) is 23.2. The molecule has 0 bridgehead atoms. The van der Waals surface area contributed by atoms with E-state index in [0.717, 1.165) is 38.5 Å². The van der Waals surface area contributed by atoms with Crippen LogP contribution in [0.1, 0.15) is 232 Å². The van der Waals surface area contributed by atoms with E-state index in [-0.39, 0.29) is 12.1 Å². The summed E-state index contributed by atoms with van der Waals surface area (Å²) in [6.07, 6.45) is 45.2. The van der Waals surface area contributed by atoms with Crippen LogP contribution in [0, 0.1) is 0 Å². The molecule has 7 N–H and O–H groups in total. The van der Waals surface area contributed by atoms with Crippen molar-refractivity contribution < 1.29 is 28.8 Å². The van der Waals surface area contributed by atoms with Crippen LogP contribution in [0.25, 0.3) is 0 Å². The van der Waals surface area contributed by atoms with Gasteiger partial charge in [-0.05, 0) is 19.3 Å². The number of amides is 1. The Labute approximate surface area is 316 Å². The second kappa shape index (κ2) is 40.4. The van der Waals surface area contributed by atoms with E-state index < -0.39 is 26.6 Å². The molecule has 0 aromatic rings. The van der Waals surface area contributed by atoms with Crippen LogP contribution >= 0.6 is 7.82 Å². The monoisotopic (exact) mass is 747 g/mol. The number of carbonyl (C=O) groups is 1. The second-order valence-corrected chi connectivity index (χ2v) is 16.3. The van der Waals surface area contributed by atoms with Gasteiger partial charge in [-0.25, -0.2) is 4.57 Å². The second-order valence-electron chi connectivity index (χ2n) is 15.0. The zero-order valence-corrected chi connectivity index (χ0v) is 34.7. The van der Waals surface area contributed by atoms with Crippen molar-refractivity contribution in [2.45, 2.75) is 244 Å². The van der Waals surface area contributed by atoms with E-state index in [1.54, 1.807) is 6.08 Å². The molecule has 0 aliphatic heterocycles. The van der Waals surface area contributed by atoms with Gasteiger partial charge in [-0.3, -0.25) is 9.32 Å². The molecule has 0 fully saturated rings. The van der Waals surface area contributed by atoms with Gasteiger partial charge in [0, 0.05) is 6.42 Å². The predicted octanol–water partition coefficient (Wildman–Crippen LogP) is 13.0. The minimum absolute atomic E-state index is 0. The topological polar surface area (TPSA) is 151 Å². The highest BCUT2D eigenvalue weighted by Gasteiger charge is 2.24. The third-order valence-electron chi connectivity index (χ3n) is 10.00. The summed E-state index contributed by atoms with van der Waals surface area (Å²) in [7, 11) is -4.71. The van der Waals surface area contributed by atoms with E-state index in [9.17, 15) is 14.5 Å². The van der Waals surface area contributed by atoms with Gasteiger partial charge in [0.15, 0.2) is 0 Å². The quantitative estimate of drug-likeness (QED) is 0.0238. The first-order chi connectivity index (χ1) is 24.3. The SMILES string of the molecule is CCCCCCCCCCCCC/C=C/[C@@H](O)[C@H](COP(=O)(O)O)NC(=O)CCCCCCCCCCCCCCCCCCCCCCC.N. The highest BCUT2D eigenvalue weighted by molar-refractivity contribution is 7.46. The van der Waals surface area contributed by atoms with Crippen molar-refractivity contribution >= 4 is 13.7 Å². The molecule has 8 nitrogen and oxygen atoms in total. The van der Waals surface area contributed by atoms with E-state index in [1.165, 1.54) is 173 Å². The van der Waals surface area contributed by atoms with Crippen molar-refractivity contribution in [2.24, 2.45) is 0 Å². The average molecular weight is 747 g/mol. The van der Waals surface area contributed by atoms with E-state index in [2.05, 4.69) is 23.7 Å². The highest BCUT2D eigenvalue weighted by atomic mass is 31.2. The number of hydrogen-bond donors (Lipinski definition) is 5. The number of carbonyl (C=O) groups excluding carboxylic acids is 1. The van der Waals surface area contributed by atoms with E-state index >= 15 is 0 Å². The summed E-state index contributed by atoms with van der Waals surface area (Å²) in [5.74, 6) is -0.222. The summed E-state index contributed by atoms with van der Waals surface area (Å²) in [5, 5.41) is 13.4. The van der Waals surface area contributed by atoms with Crippen LogP contribution in [-0.4, -0.2) is 39.6 Å². The molecule has 0 aromatic heterocycles. The van der Waals surface area contributed by atoms with Crippen LogP contribution in [0.5, 0.6) is 0 Å². The van der Waals surface area contributed by atoms with Crippen LogP contribution < -0.4 is 11.5 Å². The van der Waals surface area contributed by atoms with Gasteiger partial charge in [-0.2, -0.15) is 0 Å². The summed E-state index contributed by atoms with van der Waals surface area (Å²) >= 11 is 0. The first-order valence-electron chi connectivity index (χ1n) is 21.6. The zero-order valence-electron chi connectivity index (χ0n) is 33.8. The number of allylic oxidation sites excluding steroid dienone is 1. The standard InChI is InChI=1S/C42H84NO6P.H3N/c1-3-5-7-9-11-13-15-17-18-19-20-21-22-23-24-26-28-30-32-34-36-38-42(45)43-40(39-49-50(46,47)48)41(44)37-35-33-31-29-27-25-16-14-12-10-8-6-4-2;/h35,37,40-41,44H,3-34,36,38-39H2,1-2H3,(H,43,45)(H2,46,47,48);1H3/b37-35+;/t40-,41+;/m0./s1. The van der Waals surface area contributed by atoms with Crippen LogP contribution in [0.15, 0.2) is 12.2 Å². The Bertz CT molecular complexity index is 793. The Morgan fingerprint density at radius 2 is 0.882 bits per heavy atom. The van der Waals surface area contributed by atoms with Gasteiger partial charge >= 0.3 is 7.82 Å². The van der Waals surface area contributed by atoms with Gasteiger partial charge in [-0.15, -0.1) is 0 Å². The van der Waals surface area contributed by atoms with Crippen molar-refractivity contribution in [2.75, 3.05) is 6.61 Å². The molecule has 306 valence electrons. The Balaban J connectivity index is 0. The minimum Gasteiger partial charge on any atom is -0.387 e. The van der Waals surface area contributed by atoms with Gasteiger partial charge < -0.3 is 26.4 Å². The molecule has 2 atom stereocenters. The lowest BCUT2D eigenvalue weighted by atomic mass is 10.0. The van der Waals surface area contributed by atoms with Gasteiger partial charge in [0.25, 0.3) is 0 Å². The highest BCUT2D eigenvalue weighted by Crippen LogP contribution is 2.35. The molecule has 9 heteroatoms. The van der Waals surface area contributed by atoms with Gasteiger partial charge in [0.1, 0.15) is 0 Å². The summed E-state index contributed by atoms with van der Waals surface area (Å²) < 4.78 is 15.9. The number of aliphatic hydroxyl groups excluding tert-OH is 1. The van der Waals surface area contributed by atoms with E-state index in [1.807, 2.05) is 6.08 Å². The van der Waals surface area contributed by atoms with E-state index in [4.69, 9.17) is 9.79 Å². The first kappa shape index (κ1) is 52.3. The molecular formula is C42H87N2O6P. The fourth-order valence-electron chi connectivity index (χ4n) is 6.70. The summed E-state index contributed by atoms with van der Waals surface area (Å²) in [6.45, 7) is 4.08. The Morgan fingerprint density at radius 1 is 0.569 bits per heavy atom. The largest absolute Gasteiger partial charge is 0.469 e. The molecule has 0 radical (unpaired) electrons. The lowest BCUT2D eigenvalue weighted by Crippen LogP contribution is -2.45. The number of phosphoric acid groups is 1. The van der Waals surface area contributed by atoms with Gasteiger partial charge in [0.2, 0.25) is 5.91 Å². The van der Waals surface area contributed by atoms with Gasteiger partial charge in [-0.1, -0.05) is 219 Å². The summed E-state index contributed by atoms with van der Waals surface area (Å²) in [6, 6.07) is -0.904. The van der Waals surface area contributed by atoms with Gasteiger partial charge in [0.05, 0.1) is 18.8 Å². The fraction of sp³-hybridized carbons (Fsp3) is 0.929. The number of phosphoric ester groups is 1. The lowest BCUT2D eigenvalue weighted by Gasteiger charge is -2.22. The number of nitrogens with one attached hydrogen (secondary N) is 1. The predicted molar refractivity (Wildman–Crippen MR) is 218 cm³/mol. The zero-order chi connectivity index (χ0) is 36.8. The molecular weight excluding hydrogens is 659 g/mol. The molecule has 0 spiro atoms. The molecule has 0 aromatic carbocycles. The third-order valence-corrected chi connectivity index (χ3v) is 10.5. The van der Waals surface area contributed by atoms with Crippen LogP contribution in [0.2, 0.25) is 0 Å². The minimum atomic E-state index is -4.71. The molecule has 0 rings (SSSR count). The van der Waals surface area contributed by atoms with Crippen molar-refractivity contribution in [1.82, 2.24) is 11.5 Å². The molecule has 0 saturated heterocycles. The molecule has 0 aliphatic carbocycles. The Morgan fingerprint density at radius 3 is 1.22 bits per heavy atom. The molecule has 0 aliphatic rings. The Hall–Kier alpha value is -0.760. The lowest BCUT2D eigenvalue weighted by molar-refractivity contribution is -0.123. The van der Waals surface area contributed by atoms with Crippen molar-refractivity contribution in [3.05, 3.63) is 12.2 Å². The molecule has 0 heterocycles. The molecule has 51 heavy (non-hydrogen) atoms. The molecule has 0 saturated carbocycles. The number of rotatable bonds is 40. The van der Waals surface area contributed by atoms with Crippen molar-refractivity contribution in [3.8, 4) is 0 Å². The van der Waals surface area contributed by atoms with Crippen LogP contribution in [-0.2, 0) is 13.9 Å². The maximum atomic E-state index is 12.6. The van der Waals surface area contributed by atoms with Crippen molar-refractivity contribution in [3.63, 3.8) is 0 Å². The normalized spacial score (nSPS) is 13.0. The number of hydrogen-bond acceptors (Lipinski definition) is 5. The number of unbranched alkanes of at least 4 members (excludes halogenated alkanes) is 31. The number of aliphatic hydroxyl groups is 1. The Kier molecular flexibility index (Phi) is 41.5.